The van der Waals surface area contributed by atoms with Crippen LogP contribution in [0.3, 0.4) is 0 Å². The molecule has 5 nitrogen and oxygen atoms in total. The van der Waals surface area contributed by atoms with Crippen molar-refractivity contribution in [3.8, 4) is 11.6 Å². The lowest BCUT2D eigenvalue weighted by Gasteiger charge is -2.38. The van der Waals surface area contributed by atoms with Gasteiger partial charge in [-0.3, -0.25) is 4.79 Å². The number of pyridine rings is 1. The van der Waals surface area contributed by atoms with Crippen molar-refractivity contribution in [2.45, 2.75) is 12.3 Å². The highest BCUT2D eigenvalue weighted by atomic mass is 19.4. The lowest BCUT2D eigenvalue weighted by Crippen LogP contribution is -2.57. The number of amides is 1. The number of aromatic nitrogens is 1. The molecule has 8 heteroatoms. The Hall–Kier alpha value is -2.77. The van der Waals surface area contributed by atoms with Crippen molar-refractivity contribution in [1.82, 2.24) is 9.88 Å². The summed E-state index contributed by atoms with van der Waals surface area (Å²) in [6.07, 6.45) is -3.78. The van der Waals surface area contributed by atoms with E-state index in [0.717, 1.165) is 18.3 Å². The molecule has 1 aliphatic rings. The third-order valence-corrected chi connectivity index (χ3v) is 3.66. The fourth-order valence-corrected chi connectivity index (χ4v) is 2.29. The topological polar surface area (TPSA) is 51.7 Å². The maximum absolute atomic E-state index is 12.6. The summed E-state index contributed by atoms with van der Waals surface area (Å²) in [7, 11) is 0. The monoisotopic (exact) mass is 352 g/mol. The SMILES string of the molecule is O=C(COc1ccccc1)N1CC(Oc2cc(C(F)(F)F)ccn2)C1. The molecule has 1 aliphatic heterocycles. The zero-order chi connectivity index (χ0) is 17.9. The van der Waals surface area contributed by atoms with Crippen LogP contribution in [0, 0.1) is 0 Å². The van der Waals surface area contributed by atoms with Crippen LogP contribution in [0.15, 0.2) is 48.7 Å². The first-order valence-electron chi connectivity index (χ1n) is 7.57. The third kappa shape index (κ3) is 4.40. The van der Waals surface area contributed by atoms with Gasteiger partial charge in [-0.15, -0.1) is 0 Å². The van der Waals surface area contributed by atoms with E-state index in [-0.39, 0.29) is 37.6 Å². The van der Waals surface area contributed by atoms with E-state index in [1.54, 1.807) is 24.3 Å². The van der Waals surface area contributed by atoms with Crippen LogP contribution in [-0.2, 0) is 11.0 Å². The first kappa shape index (κ1) is 17.1. The van der Waals surface area contributed by atoms with Crippen molar-refractivity contribution in [2.75, 3.05) is 19.7 Å². The van der Waals surface area contributed by atoms with Gasteiger partial charge in [-0.05, 0) is 18.2 Å². The number of halogens is 3. The average molecular weight is 352 g/mol. The van der Waals surface area contributed by atoms with Crippen molar-refractivity contribution < 1.29 is 27.4 Å². The second-order valence-corrected chi connectivity index (χ2v) is 5.52. The lowest BCUT2D eigenvalue weighted by molar-refractivity contribution is -0.142. The van der Waals surface area contributed by atoms with Crippen LogP contribution in [0.2, 0.25) is 0 Å². The molecule has 3 rings (SSSR count). The number of para-hydroxylation sites is 1. The van der Waals surface area contributed by atoms with Crippen LogP contribution >= 0.6 is 0 Å². The van der Waals surface area contributed by atoms with Gasteiger partial charge in [0.15, 0.2) is 6.61 Å². The van der Waals surface area contributed by atoms with E-state index in [2.05, 4.69) is 4.98 Å². The first-order valence-corrected chi connectivity index (χ1v) is 7.57. The Kier molecular flexibility index (Phi) is 4.78. The highest BCUT2D eigenvalue weighted by molar-refractivity contribution is 5.78. The second-order valence-electron chi connectivity index (χ2n) is 5.52. The highest BCUT2D eigenvalue weighted by Crippen LogP contribution is 2.31. The third-order valence-electron chi connectivity index (χ3n) is 3.66. The zero-order valence-electron chi connectivity index (χ0n) is 13.1. The van der Waals surface area contributed by atoms with Crippen LogP contribution in [0.5, 0.6) is 11.6 Å². The standard InChI is InChI=1S/C17H15F3N2O3/c18-17(19,20)12-6-7-21-15(8-12)25-14-9-22(10-14)16(23)11-24-13-4-2-1-3-5-13/h1-8,14H,9-11H2. The number of nitrogens with zero attached hydrogens (tertiary/aromatic N) is 2. The van der Waals surface area contributed by atoms with Gasteiger partial charge in [0, 0.05) is 12.3 Å². The fourth-order valence-electron chi connectivity index (χ4n) is 2.29. The molecule has 1 aromatic heterocycles. The highest BCUT2D eigenvalue weighted by Gasteiger charge is 2.34. The summed E-state index contributed by atoms with van der Waals surface area (Å²) in [5, 5.41) is 0. The quantitative estimate of drug-likeness (QED) is 0.830. The molecule has 0 bridgehead atoms. The Bertz CT molecular complexity index is 731. The molecule has 1 fully saturated rings. The van der Waals surface area contributed by atoms with Gasteiger partial charge in [0.05, 0.1) is 18.7 Å². The molecule has 132 valence electrons. The van der Waals surface area contributed by atoms with Gasteiger partial charge in [0.1, 0.15) is 11.9 Å². The molecule has 1 aromatic carbocycles. The van der Waals surface area contributed by atoms with Gasteiger partial charge in [-0.1, -0.05) is 18.2 Å². The van der Waals surface area contributed by atoms with E-state index in [0.29, 0.717) is 5.75 Å². The smallest absolute Gasteiger partial charge is 0.416 e. The summed E-state index contributed by atoms with van der Waals surface area (Å²) in [6.45, 7) is 0.475. The number of carbonyl (C=O) groups is 1. The minimum absolute atomic E-state index is 0.0987. The molecule has 0 aliphatic carbocycles. The largest absolute Gasteiger partial charge is 0.484 e. The van der Waals surface area contributed by atoms with E-state index in [1.165, 1.54) is 4.90 Å². The number of hydrogen-bond acceptors (Lipinski definition) is 4. The summed E-state index contributed by atoms with van der Waals surface area (Å²) < 4.78 is 48.7. The van der Waals surface area contributed by atoms with E-state index < -0.39 is 11.7 Å². The van der Waals surface area contributed by atoms with Crippen molar-refractivity contribution >= 4 is 5.91 Å². The average Bonchev–Trinajstić information content (AvgIpc) is 2.56. The minimum atomic E-state index is -4.45. The molecular weight excluding hydrogens is 337 g/mol. The van der Waals surface area contributed by atoms with Gasteiger partial charge >= 0.3 is 6.18 Å². The van der Waals surface area contributed by atoms with Crippen LogP contribution in [0.1, 0.15) is 5.56 Å². The molecule has 1 amide bonds. The van der Waals surface area contributed by atoms with Crippen molar-refractivity contribution in [2.24, 2.45) is 0 Å². The number of alkyl halides is 3. The van der Waals surface area contributed by atoms with Crippen LogP contribution in [-0.4, -0.2) is 41.6 Å². The van der Waals surface area contributed by atoms with E-state index >= 15 is 0 Å². The van der Waals surface area contributed by atoms with Crippen LogP contribution in [0.4, 0.5) is 13.2 Å². The van der Waals surface area contributed by atoms with Gasteiger partial charge in [-0.25, -0.2) is 4.98 Å². The van der Waals surface area contributed by atoms with Crippen LogP contribution < -0.4 is 9.47 Å². The van der Waals surface area contributed by atoms with Gasteiger partial charge in [-0.2, -0.15) is 13.2 Å². The molecule has 2 heterocycles. The Morgan fingerprint density at radius 1 is 1.20 bits per heavy atom. The summed E-state index contributed by atoms with van der Waals surface area (Å²) in [4.78, 5) is 17.2. The number of hydrogen-bond donors (Lipinski definition) is 0. The number of ether oxygens (including phenoxy) is 2. The second kappa shape index (κ2) is 7.00. The predicted octanol–water partition coefficient (Wildman–Crippen LogP) is 2.77. The summed E-state index contributed by atoms with van der Waals surface area (Å²) >= 11 is 0. The van der Waals surface area contributed by atoms with Gasteiger partial charge < -0.3 is 14.4 Å². The van der Waals surface area contributed by atoms with E-state index in [1.807, 2.05) is 6.07 Å². The zero-order valence-corrected chi connectivity index (χ0v) is 13.1. The van der Waals surface area contributed by atoms with Crippen LogP contribution in [0.25, 0.3) is 0 Å². The van der Waals surface area contributed by atoms with E-state index in [9.17, 15) is 18.0 Å². The Labute approximate surface area is 142 Å². The van der Waals surface area contributed by atoms with Gasteiger partial charge in [0.2, 0.25) is 5.88 Å². The molecule has 2 aromatic rings. The number of likely N-dealkylation sites (tertiary alicyclic amines) is 1. The van der Waals surface area contributed by atoms with E-state index in [4.69, 9.17) is 9.47 Å². The normalized spacial score (nSPS) is 14.8. The lowest BCUT2D eigenvalue weighted by atomic mass is 10.1. The van der Waals surface area contributed by atoms with Gasteiger partial charge in [0.25, 0.3) is 5.91 Å². The molecule has 1 saturated heterocycles. The number of carbonyl (C=O) groups excluding carboxylic acids is 1. The summed E-state index contributed by atoms with van der Waals surface area (Å²) in [6, 6.07) is 10.7. The number of rotatable bonds is 5. The van der Waals surface area contributed by atoms with Crippen molar-refractivity contribution in [3.05, 3.63) is 54.2 Å². The summed E-state index contributed by atoms with van der Waals surface area (Å²) in [5.41, 5.74) is -0.819. The predicted molar refractivity (Wildman–Crippen MR) is 82.2 cm³/mol. The van der Waals surface area contributed by atoms with Crippen molar-refractivity contribution in [3.63, 3.8) is 0 Å². The maximum atomic E-state index is 12.6. The molecule has 0 N–H and O–H groups in total. The first-order chi connectivity index (χ1) is 11.9. The number of benzene rings is 1. The molecule has 0 atom stereocenters. The molecule has 0 saturated carbocycles. The molecule has 0 radical (unpaired) electrons. The molecular formula is C17H15F3N2O3. The Morgan fingerprint density at radius 3 is 2.60 bits per heavy atom. The Balaban J connectivity index is 1.46. The summed E-state index contributed by atoms with van der Waals surface area (Å²) in [5.74, 6) is 0.283. The molecule has 25 heavy (non-hydrogen) atoms. The fraction of sp³-hybridized carbons (Fsp3) is 0.294. The maximum Gasteiger partial charge on any atom is 0.416 e. The molecule has 0 spiro atoms. The minimum Gasteiger partial charge on any atom is -0.484 e. The van der Waals surface area contributed by atoms with Crippen molar-refractivity contribution in [1.29, 1.82) is 0 Å². The Morgan fingerprint density at radius 2 is 1.92 bits per heavy atom. The molecule has 0 unspecified atom stereocenters.